The lowest BCUT2D eigenvalue weighted by Gasteiger charge is -2.61. The first kappa shape index (κ1) is 26.1. The predicted molar refractivity (Wildman–Crippen MR) is 179 cm³/mol. The molecule has 6 aromatic rings. The standard InChI is InChI=1S/C41H31N5/c42-23-24-8-10-33-34-11-9-29(22-37(34)41(36(33)21-24)30-17-25-16-26(19-30)20-31(41)18-25)39-44-38(28-12-14-43-15-13-28)45-40(46-39)35-7-3-5-27-4-1-2-6-32(27)35/h1-15,21-22,25-26,30-31H,16-20H2. The van der Waals surface area contributed by atoms with Gasteiger partial charge in [-0.3, -0.25) is 4.98 Å². The van der Waals surface area contributed by atoms with E-state index in [4.69, 9.17) is 15.0 Å². The molecule has 5 nitrogen and oxygen atoms in total. The number of nitrogens with zero attached hydrogens (tertiary/aromatic N) is 5. The second-order valence-corrected chi connectivity index (χ2v) is 13.9. The zero-order valence-corrected chi connectivity index (χ0v) is 25.4. The van der Waals surface area contributed by atoms with Crippen LogP contribution in [0.5, 0.6) is 0 Å². The van der Waals surface area contributed by atoms with E-state index in [0.29, 0.717) is 29.3 Å². The Morgan fingerprint density at radius 3 is 2.00 bits per heavy atom. The van der Waals surface area contributed by atoms with E-state index in [9.17, 15) is 5.26 Å². The van der Waals surface area contributed by atoms with Gasteiger partial charge in [0.25, 0.3) is 0 Å². The summed E-state index contributed by atoms with van der Waals surface area (Å²) in [6.07, 6.45) is 10.1. The van der Waals surface area contributed by atoms with Crippen LogP contribution >= 0.6 is 0 Å². The molecule has 0 N–H and O–H groups in total. The van der Waals surface area contributed by atoms with E-state index < -0.39 is 0 Å². The van der Waals surface area contributed by atoms with Crippen molar-refractivity contribution >= 4 is 10.8 Å². The molecule has 5 aliphatic rings. The lowest BCUT2D eigenvalue weighted by molar-refractivity contribution is -0.0399. The zero-order chi connectivity index (χ0) is 30.4. The van der Waals surface area contributed by atoms with Gasteiger partial charge in [0.15, 0.2) is 17.5 Å². The Labute approximate surface area is 268 Å². The molecule has 4 aromatic carbocycles. The largest absolute Gasteiger partial charge is 0.265 e. The van der Waals surface area contributed by atoms with E-state index in [1.165, 1.54) is 54.4 Å². The quantitative estimate of drug-likeness (QED) is 0.205. The summed E-state index contributed by atoms with van der Waals surface area (Å²) in [5.41, 5.74) is 9.05. The van der Waals surface area contributed by atoms with E-state index >= 15 is 0 Å². The molecule has 0 radical (unpaired) electrons. The van der Waals surface area contributed by atoms with Gasteiger partial charge in [0.05, 0.1) is 11.6 Å². The molecule has 0 saturated heterocycles. The fourth-order valence-corrected chi connectivity index (χ4v) is 10.1. The van der Waals surface area contributed by atoms with Crippen LogP contribution in [0.4, 0.5) is 0 Å². The molecule has 0 unspecified atom stereocenters. The van der Waals surface area contributed by atoms with Crippen molar-refractivity contribution in [3.05, 3.63) is 120 Å². The van der Waals surface area contributed by atoms with E-state index in [-0.39, 0.29) is 5.41 Å². The van der Waals surface area contributed by atoms with Gasteiger partial charge in [-0.2, -0.15) is 5.26 Å². The maximum absolute atomic E-state index is 9.95. The van der Waals surface area contributed by atoms with E-state index in [1.807, 2.05) is 18.2 Å². The number of hydrogen-bond donors (Lipinski definition) is 0. The fourth-order valence-electron chi connectivity index (χ4n) is 10.1. The number of rotatable bonds is 3. The first-order chi connectivity index (χ1) is 22.7. The van der Waals surface area contributed by atoms with Crippen molar-refractivity contribution in [2.45, 2.75) is 37.5 Å². The summed E-state index contributed by atoms with van der Waals surface area (Å²) >= 11 is 0. The lowest BCUT2D eigenvalue weighted by Crippen LogP contribution is -2.55. The highest BCUT2D eigenvalue weighted by Gasteiger charge is 2.61. The second-order valence-electron chi connectivity index (χ2n) is 13.9. The smallest absolute Gasteiger partial charge is 0.164 e. The lowest BCUT2D eigenvalue weighted by atomic mass is 9.43. The summed E-state index contributed by atoms with van der Waals surface area (Å²) in [7, 11) is 0. The van der Waals surface area contributed by atoms with Crippen molar-refractivity contribution in [3.8, 4) is 51.4 Å². The Bertz CT molecular complexity index is 2220. The fraction of sp³-hybridized carbons (Fsp3) is 0.244. The van der Waals surface area contributed by atoms with E-state index in [0.717, 1.165) is 44.9 Å². The van der Waals surface area contributed by atoms with E-state index in [1.54, 1.807) is 12.4 Å². The van der Waals surface area contributed by atoms with E-state index in [2.05, 4.69) is 83.8 Å². The summed E-state index contributed by atoms with van der Waals surface area (Å²) < 4.78 is 0. The maximum atomic E-state index is 9.95. The van der Waals surface area contributed by atoms with Gasteiger partial charge in [-0.1, -0.05) is 60.7 Å². The number of nitriles is 1. The monoisotopic (exact) mass is 593 g/mol. The third kappa shape index (κ3) is 3.61. The summed E-state index contributed by atoms with van der Waals surface area (Å²) in [6, 6.07) is 34.4. The molecule has 11 rings (SSSR count). The van der Waals surface area contributed by atoms with Crippen LogP contribution < -0.4 is 0 Å². The molecule has 4 fully saturated rings. The van der Waals surface area contributed by atoms with Gasteiger partial charge in [0.2, 0.25) is 0 Å². The zero-order valence-electron chi connectivity index (χ0n) is 25.4. The molecule has 46 heavy (non-hydrogen) atoms. The molecule has 1 spiro atoms. The van der Waals surface area contributed by atoms with Crippen molar-refractivity contribution in [2.75, 3.05) is 0 Å². The third-order valence-corrected chi connectivity index (χ3v) is 11.6. The molecule has 5 heteroatoms. The molecule has 2 aromatic heterocycles. The molecule has 0 aliphatic heterocycles. The number of fused-ring (bicyclic) bond motifs is 4. The Morgan fingerprint density at radius 2 is 1.24 bits per heavy atom. The minimum atomic E-state index is -0.0552. The first-order valence-corrected chi connectivity index (χ1v) is 16.5. The van der Waals surface area contributed by atoms with Crippen LogP contribution in [0.1, 0.15) is 48.8 Å². The molecule has 5 aliphatic carbocycles. The minimum Gasteiger partial charge on any atom is -0.265 e. The summed E-state index contributed by atoms with van der Waals surface area (Å²) in [5, 5.41) is 12.2. The predicted octanol–water partition coefficient (Wildman–Crippen LogP) is 9.02. The maximum Gasteiger partial charge on any atom is 0.164 e. The average molecular weight is 594 g/mol. The van der Waals surface area contributed by atoms with Crippen LogP contribution in [0.2, 0.25) is 0 Å². The van der Waals surface area contributed by atoms with Gasteiger partial charge in [-0.25, -0.2) is 15.0 Å². The Balaban J connectivity index is 1.20. The van der Waals surface area contributed by atoms with Gasteiger partial charge >= 0.3 is 0 Å². The molecule has 4 saturated carbocycles. The van der Waals surface area contributed by atoms with Crippen LogP contribution in [-0.2, 0) is 5.41 Å². The van der Waals surface area contributed by atoms with Gasteiger partial charge in [0, 0.05) is 34.5 Å². The number of aromatic nitrogens is 4. The van der Waals surface area contributed by atoms with Crippen molar-refractivity contribution in [3.63, 3.8) is 0 Å². The molecule has 220 valence electrons. The topological polar surface area (TPSA) is 75.3 Å². The highest BCUT2D eigenvalue weighted by molar-refractivity contribution is 5.95. The van der Waals surface area contributed by atoms with Gasteiger partial charge < -0.3 is 0 Å². The Morgan fingerprint density at radius 1 is 0.587 bits per heavy atom. The summed E-state index contributed by atoms with van der Waals surface area (Å²) in [4.78, 5) is 19.6. The van der Waals surface area contributed by atoms with Gasteiger partial charge in [0.1, 0.15) is 0 Å². The highest BCUT2D eigenvalue weighted by atomic mass is 15.0. The van der Waals surface area contributed by atoms with Crippen molar-refractivity contribution < 1.29 is 0 Å². The normalized spacial score (nSPS) is 25.0. The first-order valence-electron chi connectivity index (χ1n) is 16.5. The van der Waals surface area contributed by atoms with Crippen molar-refractivity contribution in [1.29, 1.82) is 5.26 Å². The van der Waals surface area contributed by atoms with Crippen LogP contribution in [0.15, 0.2) is 103 Å². The number of pyridine rings is 1. The summed E-state index contributed by atoms with van der Waals surface area (Å²) in [6.45, 7) is 0. The molecular weight excluding hydrogens is 562 g/mol. The van der Waals surface area contributed by atoms with Crippen molar-refractivity contribution in [2.24, 2.45) is 23.7 Å². The van der Waals surface area contributed by atoms with Gasteiger partial charge in [-0.05, 0) is 119 Å². The van der Waals surface area contributed by atoms with Gasteiger partial charge in [-0.15, -0.1) is 0 Å². The van der Waals surface area contributed by atoms with Crippen LogP contribution in [0.3, 0.4) is 0 Å². The molecule has 0 amide bonds. The number of benzene rings is 4. The average Bonchev–Trinajstić information content (AvgIpc) is 3.39. The van der Waals surface area contributed by atoms with Crippen molar-refractivity contribution in [1.82, 2.24) is 19.9 Å². The SMILES string of the molecule is N#Cc1ccc2c(c1)C1(c3cc(-c4nc(-c5ccncc5)nc(-c5cccc6ccccc56)n4)ccc3-2)C2CC3CC(C2)CC1C3. The minimum absolute atomic E-state index is 0.0552. The second kappa shape index (κ2) is 9.64. The van der Waals surface area contributed by atoms with Crippen LogP contribution in [0, 0.1) is 35.0 Å². The van der Waals surface area contributed by atoms with Crippen LogP contribution in [-0.4, -0.2) is 19.9 Å². The molecule has 2 heterocycles. The number of hydrogen-bond acceptors (Lipinski definition) is 5. The molecule has 0 atom stereocenters. The Kier molecular flexibility index (Phi) is 5.46. The summed E-state index contributed by atoms with van der Waals surface area (Å²) in [5.74, 6) is 4.88. The third-order valence-electron chi connectivity index (χ3n) is 11.6. The Hall–Kier alpha value is -5.21. The van der Waals surface area contributed by atoms with Crippen LogP contribution in [0.25, 0.3) is 56.1 Å². The highest BCUT2D eigenvalue weighted by Crippen LogP contribution is 2.69. The molecular formula is C41H31N5. The molecule has 4 bridgehead atoms.